The number of nitrogens with one attached hydrogen (secondary N) is 2. The highest BCUT2D eigenvalue weighted by Crippen LogP contribution is 2.24. The smallest absolute Gasteiger partial charge is 0.310 e. The van der Waals surface area contributed by atoms with E-state index in [-0.39, 0.29) is 36.2 Å². The minimum atomic E-state index is -0.860. The molecule has 3 amide bonds. The second-order valence-corrected chi connectivity index (χ2v) is 9.88. The highest BCUT2D eigenvalue weighted by Gasteiger charge is 2.42. The summed E-state index contributed by atoms with van der Waals surface area (Å²) in [6.45, 7) is 9.52. The summed E-state index contributed by atoms with van der Waals surface area (Å²) in [5, 5.41) is 5.71. The molecular formula is C26H37N3O7. The second kappa shape index (κ2) is 11.7. The first-order chi connectivity index (χ1) is 17.0. The van der Waals surface area contributed by atoms with Crippen molar-refractivity contribution in [2.24, 2.45) is 5.92 Å². The van der Waals surface area contributed by atoms with Gasteiger partial charge in [-0.3, -0.25) is 19.2 Å². The maximum Gasteiger partial charge on any atom is 0.310 e. The number of hydrogen-bond acceptors (Lipinski definition) is 7. The van der Waals surface area contributed by atoms with E-state index in [2.05, 4.69) is 10.6 Å². The van der Waals surface area contributed by atoms with E-state index in [0.717, 1.165) is 0 Å². The summed E-state index contributed by atoms with van der Waals surface area (Å²) in [6, 6.07) is 3.03. The Morgan fingerprint density at radius 3 is 2.53 bits per heavy atom. The zero-order valence-electron chi connectivity index (χ0n) is 21.8. The van der Waals surface area contributed by atoms with Crippen molar-refractivity contribution in [1.82, 2.24) is 15.5 Å². The van der Waals surface area contributed by atoms with Gasteiger partial charge in [-0.15, -0.1) is 0 Å². The number of cyclic esters (lactones) is 1. The molecule has 0 aliphatic carbocycles. The van der Waals surface area contributed by atoms with Crippen molar-refractivity contribution >= 4 is 23.7 Å². The van der Waals surface area contributed by atoms with E-state index in [1.807, 2.05) is 27.7 Å². The van der Waals surface area contributed by atoms with Gasteiger partial charge >= 0.3 is 5.97 Å². The van der Waals surface area contributed by atoms with Crippen molar-refractivity contribution in [3.63, 3.8) is 0 Å². The van der Waals surface area contributed by atoms with Crippen LogP contribution >= 0.6 is 0 Å². The molecule has 0 radical (unpaired) electrons. The molecule has 3 rings (SSSR count). The molecule has 2 saturated heterocycles. The Morgan fingerprint density at radius 2 is 1.89 bits per heavy atom. The van der Waals surface area contributed by atoms with Gasteiger partial charge in [-0.1, -0.05) is 19.9 Å². The average Bonchev–Trinajstić information content (AvgIpc) is 3.43. The molecule has 0 saturated carbocycles. The topological polar surface area (TPSA) is 123 Å². The fourth-order valence-electron chi connectivity index (χ4n) is 4.62. The normalized spacial score (nSPS) is 22.5. The van der Waals surface area contributed by atoms with Gasteiger partial charge in [0.1, 0.15) is 23.9 Å². The molecule has 2 N–H and O–H groups in total. The molecular weight excluding hydrogens is 466 g/mol. The lowest BCUT2D eigenvalue weighted by molar-refractivity contribution is -0.173. The summed E-state index contributed by atoms with van der Waals surface area (Å²) in [7, 11) is 1.54. The molecule has 4 atom stereocenters. The minimum absolute atomic E-state index is 0.00829. The number of nitrogens with zero attached hydrogens (tertiary/aromatic N) is 1. The molecule has 2 heterocycles. The van der Waals surface area contributed by atoms with E-state index in [9.17, 15) is 19.2 Å². The van der Waals surface area contributed by atoms with Crippen molar-refractivity contribution in [2.75, 3.05) is 13.7 Å². The molecule has 2 aliphatic rings. The van der Waals surface area contributed by atoms with Gasteiger partial charge in [0.25, 0.3) is 5.91 Å². The number of amides is 3. The van der Waals surface area contributed by atoms with E-state index in [0.29, 0.717) is 36.3 Å². The van der Waals surface area contributed by atoms with E-state index >= 15 is 0 Å². The van der Waals surface area contributed by atoms with Crippen molar-refractivity contribution in [2.45, 2.75) is 84.4 Å². The Bertz CT molecular complexity index is 994. The number of methoxy groups -OCH3 is 1. The van der Waals surface area contributed by atoms with E-state index < -0.39 is 30.4 Å². The van der Waals surface area contributed by atoms with E-state index in [1.165, 1.54) is 12.0 Å². The summed E-state index contributed by atoms with van der Waals surface area (Å²) in [5.41, 5.74) is 1.10. The Kier molecular flexibility index (Phi) is 8.94. The first kappa shape index (κ1) is 27.4. The van der Waals surface area contributed by atoms with Crippen LogP contribution in [-0.2, 0) is 23.9 Å². The molecule has 2 fully saturated rings. The second-order valence-electron chi connectivity index (χ2n) is 9.88. The van der Waals surface area contributed by atoms with Crippen molar-refractivity contribution in [3.05, 3.63) is 29.3 Å². The number of likely N-dealkylation sites (tertiary alicyclic amines) is 1. The van der Waals surface area contributed by atoms with Gasteiger partial charge in [-0.25, -0.2) is 0 Å². The monoisotopic (exact) mass is 503 g/mol. The third-order valence-corrected chi connectivity index (χ3v) is 6.50. The van der Waals surface area contributed by atoms with Crippen molar-refractivity contribution in [3.8, 4) is 5.75 Å². The zero-order valence-corrected chi connectivity index (χ0v) is 21.8. The molecule has 198 valence electrons. The molecule has 0 unspecified atom stereocenters. The van der Waals surface area contributed by atoms with Gasteiger partial charge in [0.15, 0.2) is 0 Å². The Morgan fingerprint density at radius 1 is 1.17 bits per heavy atom. The maximum absolute atomic E-state index is 13.6. The number of benzene rings is 1. The first-order valence-electron chi connectivity index (χ1n) is 12.4. The summed E-state index contributed by atoms with van der Waals surface area (Å²) >= 11 is 0. The van der Waals surface area contributed by atoms with Crippen LogP contribution in [0.25, 0.3) is 0 Å². The van der Waals surface area contributed by atoms with Crippen molar-refractivity contribution in [1.29, 1.82) is 0 Å². The summed E-state index contributed by atoms with van der Waals surface area (Å²) in [6.07, 6.45) is 0.106. The van der Waals surface area contributed by atoms with Gasteiger partial charge in [-0.2, -0.15) is 0 Å². The maximum atomic E-state index is 13.6. The molecule has 0 bridgehead atoms. The highest BCUT2D eigenvalue weighted by atomic mass is 16.7. The van der Waals surface area contributed by atoms with Crippen LogP contribution in [0.4, 0.5) is 0 Å². The fraction of sp³-hybridized carbons (Fsp3) is 0.615. The summed E-state index contributed by atoms with van der Waals surface area (Å²) < 4.78 is 16.1. The molecule has 0 aromatic heterocycles. The Hall–Kier alpha value is -3.14. The number of esters is 1. The molecule has 1 aromatic rings. The molecule has 1 aromatic carbocycles. The molecule has 0 spiro atoms. The van der Waals surface area contributed by atoms with Crippen LogP contribution < -0.4 is 15.4 Å². The third-order valence-electron chi connectivity index (χ3n) is 6.50. The first-order valence-corrected chi connectivity index (χ1v) is 12.4. The van der Waals surface area contributed by atoms with Crippen LogP contribution in [0, 0.1) is 12.8 Å². The zero-order chi connectivity index (χ0) is 26.6. The van der Waals surface area contributed by atoms with Gasteiger partial charge in [0.05, 0.1) is 19.6 Å². The molecule has 2 aliphatic heterocycles. The van der Waals surface area contributed by atoms with Gasteiger partial charge in [-0.05, 0) is 51.7 Å². The lowest BCUT2D eigenvalue weighted by Gasteiger charge is -2.31. The number of carbonyl (C=O) groups excluding carboxylic acids is 4. The lowest BCUT2D eigenvalue weighted by atomic mass is 10.0. The van der Waals surface area contributed by atoms with Gasteiger partial charge < -0.3 is 29.7 Å². The quantitative estimate of drug-likeness (QED) is 0.494. The van der Waals surface area contributed by atoms with E-state index in [1.54, 1.807) is 25.1 Å². The highest BCUT2D eigenvalue weighted by molar-refractivity contribution is 6.00. The summed E-state index contributed by atoms with van der Waals surface area (Å²) in [5.74, 6) is -1.12. The minimum Gasteiger partial charge on any atom is -0.496 e. The predicted molar refractivity (Wildman–Crippen MR) is 131 cm³/mol. The fourth-order valence-corrected chi connectivity index (χ4v) is 4.62. The van der Waals surface area contributed by atoms with Crippen LogP contribution in [0.15, 0.2) is 18.2 Å². The third kappa shape index (κ3) is 6.16. The number of hydrogen-bond donors (Lipinski definition) is 2. The average molecular weight is 504 g/mol. The Balaban J connectivity index is 1.72. The molecule has 10 heteroatoms. The largest absolute Gasteiger partial charge is 0.496 e. The number of carbonyl (C=O) groups is 4. The predicted octanol–water partition coefficient (Wildman–Crippen LogP) is 1.93. The van der Waals surface area contributed by atoms with Crippen LogP contribution in [0.2, 0.25) is 0 Å². The van der Waals surface area contributed by atoms with Crippen molar-refractivity contribution < 1.29 is 33.4 Å². The molecule has 36 heavy (non-hydrogen) atoms. The van der Waals surface area contributed by atoms with Crippen LogP contribution in [0.3, 0.4) is 0 Å². The molecule has 10 nitrogen and oxygen atoms in total. The summed E-state index contributed by atoms with van der Waals surface area (Å²) in [4.78, 5) is 53.2. The SMILES string of the molecule is COc1cccc(C(=O)N[C@H](C(=O)N2CCC[C@H]2C(=O)N[C@@H]2CC(=O)O[C@H]2OC(C)C)C(C)C)c1C. The van der Waals surface area contributed by atoms with Crippen LogP contribution in [-0.4, -0.2) is 72.8 Å². The number of ether oxygens (including phenoxy) is 3. The number of rotatable bonds is 9. The van der Waals surface area contributed by atoms with E-state index in [4.69, 9.17) is 14.2 Å². The van der Waals surface area contributed by atoms with Gasteiger partial charge in [0.2, 0.25) is 18.1 Å². The van der Waals surface area contributed by atoms with Gasteiger partial charge in [0, 0.05) is 17.7 Å². The lowest BCUT2D eigenvalue weighted by Crippen LogP contribution is -2.56. The standard InChI is InChI=1S/C26H37N3O7/c1-14(2)22(28-23(31)17-9-7-11-20(34-6)16(17)5)25(33)29-12-8-10-19(29)24(32)27-18-13-21(30)36-26(18)35-15(3)4/h7,9,11,14-15,18-19,22,26H,8,10,12-13H2,1-6H3,(H,27,32)(H,28,31)/t18-,19+,22+,26-/m1/s1. The van der Waals surface area contributed by atoms with Crippen LogP contribution in [0.5, 0.6) is 5.75 Å². The Labute approximate surface area is 212 Å². The van der Waals surface area contributed by atoms with Crippen LogP contribution in [0.1, 0.15) is 62.9 Å².